The second-order valence-corrected chi connectivity index (χ2v) is 23.1. The Morgan fingerprint density at radius 3 is 1.62 bits per heavy atom. The minimum atomic E-state index is -1.86. The van der Waals surface area contributed by atoms with Crippen LogP contribution in [0.3, 0.4) is 0 Å². The number of ether oxygens (including phenoxy) is 2. The van der Waals surface area contributed by atoms with Crippen molar-refractivity contribution in [3.05, 3.63) is 93.1 Å². The van der Waals surface area contributed by atoms with Crippen molar-refractivity contribution in [2.24, 2.45) is 23.7 Å². The van der Waals surface area contributed by atoms with Gasteiger partial charge < -0.3 is 19.0 Å². The Kier molecular flexibility index (Phi) is 11.4. The van der Waals surface area contributed by atoms with E-state index in [0.29, 0.717) is 29.4 Å². The molecule has 1 N–H and O–H groups in total. The minimum absolute atomic E-state index is 0.190. The van der Waals surface area contributed by atoms with Crippen molar-refractivity contribution in [2.45, 2.75) is 142 Å². The van der Waals surface area contributed by atoms with Gasteiger partial charge in [-0.15, -0.1) is 0 Å². The highest BCUT2D eigenvalue weighted by atomic mass is 28.4. The van der Waals surface area contributed by atoms with Crippen LogP contribution < -0.4 is 4.43 Å². The third kappa shape index (κ3) is 7.84. The molecule has 0 aromatic heterocycles. The van der Waals surface area contributed by atoms with E-state index in [1.54, 1.807) is 41.0 Å². The third-order valence-electron chi connectivity index (χ3n) is 14.1. The van der Waals surface area contributed by atoms with E-state index >= 15 is 0 Å². The molecule has 4 atom stereocenters. The maximum Gasteiger partial charge on any atom is 0.250 e. The average molecular weight is 735 g/mol. The molecule has 4 unspecified atom stereocenters. The van der Waals surface area contributed by atoms with Crippen LogP contribution in [0.5, 0.6) is 11.5 Å². The van der Waals surface area contributed by atoms with Crippen LogP contribution in [0.1, 0.15) is 135 Å². The summed E-state index contributed by atoms with van der Waals surface area (Å²) in [7, 11) is 1.79. The van der Waals surface area contributed by atoms with Crippen molar-refractivity contribution in [2.75, 3.05) is 14.2 Å². The monoisotopic (exact) mass is 734 g/mol. The predicted octanol–water partition coefficient (Wildman–Crippen LogP) is 13.6. The fraction of sp³-hybridized carbons (Fsp3) is 0.583. The number of fused-ring (bicyclic) bond motifs is 6. The molecule has 6 aliphatic rings. The second kappa shape index (κ2) is 15.9. The van der Waals surface area contributed by atoms with E-state index in [2.05, 4.69) is 64.2 Å². The molecule has 4 bridgehead atoms. The second-order valence-electron chi connectivity index (χ2n) is 18.4. The lowest BCUT2D eigenvalue weighted by molar-refractivity contribution is 0.311. The summed E-state index contributed by atoms with van der Waals surface area (Å²) in [4.78, 5) is 0. The molecule has 0 saturated heterocycles. The van der Waals surface area contributed by atoms with Crippen LogP contribution in [0.4, 0.5) is 0 Å². The first-order valence-corrected chi connectivity index (χ1v) is 24.0. The van der Waals surface area contributed by atoms with E-state index in [9.17, 15) is 5.11 Å². The van der Waals surface area contributed by atoms with E-state index in [1.165, 1.54) is 114 Å². The number of hydrogen-bond donors (Lipinski definition) is 1. The molecule has 2 aromatic rings. The van der Waals surface area contributed by atoms with Gasteiger partial charge in [-0.25, -0.2) is 0 Å². The molecule has 2 aromatic carbocycles. The fourth-order valence-electron chi connectivity index (χ4n) is 10.6. The molecule has 8 rings (SSSR count). The van der Waals surface area contributed by atoms with Gasteiger partial charge in [-0.2, -0.15) is 0 Å². The molecule has 2 saturated carbocycles. The molecule has 5 heteroatoms. The molecule has 0 radical (unpaired) electrons. The lowest BCUT2D eigenvalue weighted by atomic mass is 9.62. The van der Waals surface area contributed by atoms with Crippen molar-refractivity contribution < 1.29 is 19.0 Å². The van der Waals surface area contributed by atoms with Crippen LogP contribution in [0.25, 0.3) is 11.5 Å². The van der Waals surface area contributed by atoms with Crippen molar-refractivity contribution in [1.29, 1.82) is 0 Å². The van der Waals surface area contributed by atoms with Crippen LogP contribution in [-0.4, -0.2) is 27.6 Å². The van der Waals surface area contributed by atoms with Gasteiger partial charge >= 0.3 is 0 Å². The van der Waals surface area contributed by atoms with Gasteiger partial charge in [-0.1, -0.05) is 80.2 Å². The third-order valence-corrected chi connectivity index (χ3v) is 18.5. The number of benzene rings is 2. The summed E-state index contributed by atoms with van der Waals surface area (Å²) in [6, 6.07) is 16.2. The molecule has 2 fully saturated rings. The van der Waals surface area contributed by atoms with Crippen molar-refractivity contribution >= 4 is 19.8 Å². The number of rotatable bonds is 6. The summed E-state index contributed by atoms with van der Waals surface area (Å²) < 4.78 is 18.7. The summed E-state index contributed by atoms with van der Waals surface area (Å²) in [5, 5.41) is 10.0. The largest absolute Gasteiger partial charge is 0.543 e. The topological polar surface area (TPSA) is 47.9 Å². The van der Waals surface area contributed by atoms with E-state index < -0.39 is 8.32 Å². The van der Waals surface area contributed by atoms with Crippen LogP contribution in [0.15, 0.2) is 82.0 Å². The molecule has 0 heterocycles. The van der Waals surface area contributed by atoms with Gasteiger partial charge in [0.15, 0.2) is 0 Å². The van der Waals surface area contributed by atoms with E-state index in [0.717, 1.165) is 22.8 Å². The average Bonchev–Trinajstić information content (AvgIpc) is 3.12. The Morgan fingerprint density at radius 2 is 1.13 bits per heavy atom. The van der Waals surface area contributed by atoms with E-state index in [4.69, 9.17) is 13.9 Å². The van der Waals surface area contributed by atoms with Gasteiger partial charge in [0, 0.05) is 23.0 Å². The number of hydrogen-bond acceptors (Lipinski definition) is 4. The smallest absolute Gasteiger partial charge is 0.250 e. The predicted molar refractivity (Wildman–Crippen MR) is 222 cm³/mol. The lowest BCUT2D eigenvalue weighted by Gasteiger charge is -2.43. The Bertz CT molecular complexity index is 1780. The minimum Gasteiger partial charge on any atom is -0.543 e. The molecule has 4 nitrogen and oxygen atoms in total. The van der Waals surface area contributed by atoms with Gasteiger partial charge in [-0.05, 0) is 155 Å². The maximum atomic E-state index is 9.86. The summed E-state index contributed by atoms with van der Waals surface area (Å²) in [5.41, 5.74) is 12.4. The standard InChI is InChI=1S/C27H40O2Si.C21H26O2/c1-27(2,3)30(5,6)29-22-14-9-13-21(18-22)26(28-4)25-20-12-10-16-24(25)23-15-8-7-11-19(23)17-20;1-23-21(16-8-4-9-17(22)13-16)20-15-7-5-11-19(20)18-10-3-2-6-14(18)12-15/h9,13-14,18,20,24H,7-8,10-12,15-17H2,1-6H3;4,8-9,13,15,19,22H,2-3,5-7,10-12H2,1H3/b26-25+;21-20+. The van der Waals surface area contributed by atoms with Crippen molar-refractivity contribution in [3.63, 3.8) is 0 Å². The number of phenolic OH excluding ortho intramolecular Hbond substituents is 1. The molecule has 0 aliphatic heterocycles. The molecule has 0 amide bonds. The molecular formula is C48H66O4Si. The van der Waals surface area contributed by atoms with Gasteiger partial charge in [-0.3, -0.25) is 0 Å². The number of methoxy groups -OCH3 is 2. The van der Waals surface area contributed by atoms with E-state index in [1.807, 2.05) is 19.2 Å². The summed E-state index contributed by atoms with van der Waals surface area (Å²) in [6.45, 7) is 11.5. The van der Waals surface area contributed by atoms with Crippen LogP contribution >= 0.6 is 0 Å². The van der Waals surface area contributed by atoms with Gasteiger partial charge in [0.1, 0.15) is 23.0 Å². The maximum absolute atomic E-state index is 9.86. The summed E-state index contributed by atoms with van der Waals surface area (Å²) in [6.07, 6.45) is 21.1. The summed E-state index contributed by atoms with van der Waals surface area (Å²) in [5.74, 6) is 5.98. The zero-order valence-electron chi connectivity index (χ0n) is 33.9. The highest BCUT2D eigenvalue weighted by Gasteiger charge is 2.42. The van der Waals surface area contributed by atoms with E-state index in [-0.39, 0.29) is 5.04 Å². The first kappa shape index (κ1) is 38.1. The van der Waals surface area contributed by atoms with Gasteiger partial charge in [0.25, 0.3) is 0 Å². The zero-order valence-corrected chi connectivity index (χ0v) is 34.9. The Hall–Kier alpha value is -3.18. The molecule has 53 heavy (non-hydrogen) atoms. The van der Waals surface area contributed by atoms with Crippen LogP contribution in [0.2, 0.25) is 18.1 Å². The number of phenols is 1. The lowest BCUT2D eigenvalue weighted by Crippen LogP contribution is -2.43. The first-order valence-electron chi connectivity index (χ1n) is 21.1. The normalized spacial score (nSPS) is 27.5. The number of allylic oxidation sites excluding steroid dienone is 6. The van der Waals surface area contributed by atoms with Crippen LogP contribution in [-0.2, 0) is 9.47 Å². The molecule has 0 spiro atoms. The van der Waals surface area contributed by atoms with Crippen molar-refractivity contribution in [1.82, 2.24) is 0 Å². The first-order chi connectivity index (χ1) is 25.5. The Morgan fingerprint density at radius 1 is 0.642 bits per heavy atom. The molecular weight excluding hydrogens is 669 g/mol. The van der Waals surface area contributed by atoms with Gasteiger partial charge in [0.05, 0.1) is 14.2 Å². The molecule has 6 aliphatic carbocycles. The summed E-state index contributed by atoms with van der Waals surface area (Å²) >= 11 is 0. The van der Waals surface area contributed by atoms with Crippen molar-refractivity contribution in [3.8, 4) is 11.5 Å². The SMILES string of the molecule is CO/C(=C1\C2CCCC1C1=C(CCCC1)C2)c1cccc(O)c1.CO/C(=C1\C2CCCC1C1=C(CCCC1)C2)c1cccc(O[Si](C)(C)C(C)(C)C)c1. The fourth-order valence-corrected chi connectivity index (χ4v) is 11.7. The Labute approximate surface area is 321 Å². The Balaban J connectivity index is 0.000000170. The number of aromatic hydroxyl groups is 1. The molecule has 286 valence electrons. The quantitative estimate of drug-likeness (QED) is 0.182. The van der Waals surface area contributed by atoms with Crippen LogP contribution in [0, 0.1) is 23.7 Å². The highest BCUT2D eigenvalue weighted by Crippen LogP contribution is 2.55. The van der Waals surface area contributed by atoms with Gasteiger partial charge in [0.2, 0.25) is 8.32 Å². The highest BCUT2D eigenvalue weighted by molar-refractivity contribution is 6.74. The zero-order chi connectivity index (χ0) is 37.3.